The van der Waals surface area contributed by atoms with E-state index < -0.39 is 9.84 Å². The van der Waals surface area contributed by atoms with Crippen LogP contribution in [0.25, 0.3) is 0 Å². The van der Waals surface area contributed by atoms with E-state index in [1.807, 2.05) is 0 Å². The zero-order valence-corrected chi connectivity index (χ0v) is 8.64. The molecule has 0 aliphatic carbocycles. The summed E-state index contributed by atoms with van der Waals surface area (Å²) in [6, 6.07) is 6.22. The lowest BCUT2D eigenvalue weighted by Crippen LogP contribution is -2.06. The first-order chi connectivity index (χ1) is 5.56. The van der Waals surface area contributed by atoms with Crippen molar-refractivity contribution in [1.82, 2.24) is 0 Å². The van der Waals surface area contributed by atoms with Crippen molar-refractivity contribution >= 4 is 23.1 Å². The molecule has 0 unspecified atom stereocenters. The molecule has 0 bridgehead atoms. The van der Waals surface area contributed by atoms with E-state index in [1.54, 1.807) is 19.1 Å². The summed E-state index contributed by atoms with van der Waals surface area (Å²) < 4.78 is 22.5. The summed E-state index contributed by atoms with van der Waals surface area (Å²) in [5.41, 5.74) is 0.574. The maximum Gasteiger partial charge on any atom is 0.178 e. The highest BCUT2D eigenvalue weighted by Gasteiger charge is 2.09. The molecule has 0 fully saturated rings. The van der Waals surface area contributed by atoms with Crippen molar-refractivity contribution in [3.05, 3.63) is 24.3 Å². The number of hydrogen-bond donors (Lipinski definition) is 0. The van der Waals surface area contributed by atoms with Crippen molar-refractivity contribution in [3.8, 4) is 0 Å². The van der Waals surface area contributed by atoms with Gasteiger partial charge in [0, 0.05) is 0 Å². The first-order valence-corrected chi connectivity index (χ1v) is 5.30. The van der Waals surface area contributed by atoms with Crippen molar-refractivity contribution in [1.29, 1.82) is 0 Å². The fourth-order valence-corrected chi connectivity index (χ4v) is 1.73. The third-order valence-electron chi connectivity index (χ3n) is 1.62. The molecule has 0 heterocycles. The minimum absolute atomic E-state index is 0. The molecule has 4 N–H and O–H groups in total. The minimum Gasteiger partial charge on any atom is -0.412 e. The van der Waals surface area contributed by atoms with Crippen molar-refractivity contribution in [2.75, 3.05) is 5.75 Å². The van der Waals surface area contributed by atoms with Crippen LogP contribution in [0, 0.1) is 0 Å². The largest absolute Gasteiger partial charge is 0.412 e. The van der Waals surface area contributed by atoms with Gasteiger partial charge in [-0.15, -0.1) is 0 Å². The summed E-state index contributed by atoms with van der Waals surface area (Å²) in [7, 11) is 2.35. The summed E-state index contributed by atoms with van der Waals surface area (Å²) in [4.78, 5) is 0.333. The van der Waals surface area contributed by atoms with E-state index in [-0.39, 0.29) is 16.7 Å². The van der Waals surface area contributed by atoms with Crippen LogP contribution < -0.4 is 5.46 Å². The van der Waals surface area contributed by atoms with E-state index in [4.69, 9.17) is 7.85 Å². The second-order valence-corrected chi connectivity index (χ2v) is 4.75. The number of rotatable bonds is 2. The second-order valence-electron chi connectivity index (χ2n) is 2.47. The Kier molecular flexibility index (Phi) is 6.47. The van der Waals surface area contributed by atoms with Crippen molar-refractivity contribution in [2.24, 2.45) is 0 Å². The third-order valence-corrected chi connectivity index (χ3v) is 3.37. The van der Waals surface area contributed by atoms with Gasteiger partial charge >= 0.3 is 0 Å². The van der Waals surface area contributed by atoms with Gasteiger partial charge in [-0.2, -0.15) is 0 Å². The molecule has 0 atom stereocenters. The highest BCUT2D eigenvalue weighted by Crippen LogP contribution is 2.07. The average molecular weight is 216 g/mol. The van der Waals surface area contributed by atoms with Gasteiger partial charge in [-0.25, -0.2) is 8.42 Å². The molecule has 2 radical (unpaired) electrons. The molecule has 0 aliphatic rings. The van der Waals surface area contributed by atoms with Gasteiger partial charge in [-0.3, -0.25) is 0 Å². The predicted octanol–water partition coefficient (Wildman–Crippen LogP) is -1.38. The van der Waals surface area contributed by atoms with Crippen LogP contribution in [0.15, 0.2) is 29.2 Å². The van der Waals surface area contributed by atoms with Gasteiger partial charge in [0.25, 0.3) is 0 Å². The first kappa shape index (κ1) is 15.6. The second kappa shape index (κ2) is 5.80. The lowest BCUT2D eigenvalue weighted by molar-refractivity contribution is 0.597. The molecule has 1 aromatic carbocycles. The van der Waals surface area contributed by atoms with E-state index in [2.05, 4.69) is 0 Å². The zero-order valence-electron chi connectivity index (χ0n) is 7.82. The highest BCUT2D eigenvalue weighted by atomic mass is 32.2. The summed E-state index contributed by atoms with van der Waals surface area (Å²) in [6.07, 6.45) is 0. The number of hydrogen-bond acceptors (Lipinski definition) is 2. The smallest absolute Gasteiger partial charge is 0.178 e. The topological polar surface area (TPSA) is 97.1 Å². The Labute approximate surface area is 84.9 Å². The number of benzene rings is 1. The Morgan fingerprint density at radius 3 is 1.93 bits per heavy atom. The zero-order chi connectivity index (χ0) is 9.19. The molecule has 0 aliphatic heterocycles. The maximum atomic E-state index is 11.3. The Morgan fingerprint density at radius 1 is 1.14 bits per heavy atom. The lowest BCUT2D eigenvalue weighted by Gasteiger charge is -2.00. The van der Waals surface area contributed by atoms with E-state index >= 15 is 0 Å². The van der Waals surface area contributed by atoms with Gasteiger partial charge in [-0.05, 0) is 12.1 Å². The third kappa shape index (κ3) is 3.49. The first-order valence-electron chi connectivity index (χ1n) is 3.64. The van der Waals surface area contributed by atoms with Crippen LogP contribution in [0.2, 0.25) is 0 Å². The Balaban J connectivity index is 0. The summed E-state index contributed by atoms with van der Waals surface area (Å²) in [6.45, 7) is 1.62. The van der Waals surface area contributed by atoms with Crippen LogP contribution >= 0.6 is 0 Å². The van der Waals surface area contributed by atoms with Gasteiger partial charge in [-0.1, -0.05) is 24.5 Å². The van der Waals surface area contributed by atoms with Crippen LogP contribution in [0.3, 0.4) is 0 Å². The van der Waals surface area contributed by atoms with E-state index in [9.17, 15) is 8.42 Å². The van der Waals surface area contributed by atoms with Crippen LogP contribution in [0.1, 0.15) is 6.92 Å². The van der Waals surface area contributed by atoms with E-state index in [0.717, 1.165) is 0 Å². The molecule has 0 saturated carbocycles. The Hall–Kier alpha value is -0.845. The lowest BCUT2D eigenvalue weighted by atomic mass is 9.97. The minimum atomic E-state index is -3.07. The van der Waals surface area contributed by atoms with Gasteiger partial charge in [0.15, 0.2) is 9.84 Å². The molecule has 1 aromatic rings. The summed E-state index contributed by atoms with van der Waals surface area (Å²) in [5, 5.41) is 0. The molecular formula is C8H13BO4S. The quantitative estimate of drug-likeness (QED) is 0.569. The van der Waals surface area contributed by atoms with Crippen LogP contribution in [-0.2, 0) is 9.84 Å². The molecule has 14 heavy (non-hydrogen) atoms. The summed E-state index contributed by atoms with van der Waals surface area (Å²) >= 11 is 0. The SMILES string of the molecule is O.O.[B]c1ccc(S(=O)(=O)CC)cc1. The van der Waals surface area contributed by atoms with Crippen LogP contribution in [-0.4, -0.2) is 33.0 Å². The Bertz CT molecular complexity index is 357. The Morgan fingerprint density at radius 2 is 1.57 bits per heavy atom. The van der Waals surface area contributed by atoms with Crippen LogP contribution in [0.4, 0.5) is 0 Å². The average Bonchev–Trinajstić information content (AvgIpc) is 2.05. The van der Waals surface area contributed by atoms with Crippen LogP contribution in [0.5, 0.6) is 0 Å². The predicted molar refractivity (Wildman–Crippen MR) is 56.8 cm³/mol. The van der Waals surface area contributed by atoms with Gasteiger partial charge in [0.2, 0.25) is 0 Å². The van der Waals surface area contributed by atoms with Crippen molar-refractivity contribution in [2.45, 2.75) is 11.8 Å². The molecule has 0 aromatic heterocycles. The fourth-order valence-electron chi connectivity index (χ4n) is 0.842. The summed E-state index contributed by atoms with van der Waals surface area (Å²) in [5.74, 6) is 0.122. The molecular weight excluding hydrogens is 203 g/mol. The molecule has 0 spiro atoms. The fraction of sp³-hybridized carbons (Fsp3) is 0.250. The molecule has 0 saturated heterocycles. The molecule has 4 nitrogen and oxygen atoms in total. The monoisotopic (exact) mass is 216 g/mol. The molecule has 6 heteroatoms. The van der Waals surface area contributed by atoms with Crippen molar-refractivity contribution < 1.29 is 19.4 Å². The molecule has 1 rings (SSSR count). The standard InChI is InChI=1S/C8H9BO2S.2H2O/c1-2-12(10,11)8-5-3-7(9)4-6-8;;/h3-6H,2H2,1H3;2*1H2. The van der Waals surface area contributed by atoms with Gasteiger partial charge in [0.05, 0.1) is 10.6 Å². The van der Waals surface area contributed by atoms with Gasteiger partial charge < -0.3 is 11.0 Å². The number of sulfone groups is 1. The highest BCUT2D eigenvalue weighted by molar-refractivity contribution is 7.91. The van der Waals surface area contributed by atoms with Gasteiger partial charge in [0.1, 0.15) is 7.85 Å². The van der Waals surface area contributed by atoms with Crippen molar-refractivity contribution in [3.63, 3.8) is 0 Å². The van der Waals surface area contributed by atoms with E-state index in [0.29, 0.717) is 10.4 Å². The molecule has 0 amide bonds. The van der Waals surface area contributed by atoms with E-state index in [1.165, 1.54) is 12.1 Å². The normalized spacial score (nSPS) is 9.79. The maximum absolute atomic E-state index is 11.3. The molecule has 78 valence electrons.